The van der Waals surface area contributed by atoms with Crippen LogP contribution in [0.2, 0.25) is 0 Å². The van der Waals surface area contributed by atoms with Gasteiger partial charge in [0.15, 0.2) is 0 Å². The minimum absolute atomic E-state index is 0.127. The molecule has 4 rings (SSSR count). The third-order valence-electron chi connectivity index (χ3n) is 6.82. The van der Waals surface area contributed by atoms with Crippen LogP contribution in [0.25, 0.3) is 0 Å². The fourth-order valence-corrected chi connectivity index (χ4v) is 5.07. The molecule has 2 aromatic rings. The van der Waals surface area contributed by atoms with Gasteiger partial charge in [0.05, 0.1) is 12.1 Å². The van der Waals surface area contributed by atoms with Crippen LogP contribution in [0.4, 0.5) is 5.69 Å². The molecule has 170 valence electrons. The maximum absolute atomic E-state index is 13.0. The lowest BCUT2D eigenvalue weighted by molar-refractivity contribution is -0.120. The number of carbonyl (C=O) groups is 2. The fourth-order valence-electron chi connectivity index (χ4n) is 5.07. The fraction of sp³-hybridized carbons (Fsp3) is 0.462. The molecule has 6 nitrogen and oxygen atoms in total. The molecule has 6 heteroatoms. The predicted molar refractivity (Wildman–Crippen MR) is 126 cm³/mol. The molecule has 0 N–H and O–H groups in total. The monoisotopic (exact) mass is 435 g/mol. The first-order chi connectivity index (χ1) is 15.6. The molecule has 2 heterocycles. The first kappa shape index (κ1) is 22.5. The summed E-state index contributed by atoms with van der Waals surface area (Å²) in [5, 5.41) is 0. The molecule has 2 aromatic carbocycles. The van der Waals surface area contributed by atoms with E-state index in [1.165, 1.54) is 0 Å². The largest absolute Gasteiger partial charge is 0.382 e. The number of para-hydroxylation sites is 1. The van der Waals surface area contributed by atoms with Crippen LogP contribution in [-0.4, -0.2) is 67.0 Å². The summed E-state index contributed by atoms with van der Waals surface area (Å²) in [5.41, 5.74) is 2.54. The van der Waals surface area contributed by atoms with Crippen molar-refractivity contribution in [2.45, 2.75) is 38.3 Å². The Morgan fingerprint density at radius 3 is 2.38 bits per heavy atom. The first-order valence-electron chi connectivity index (χ1n) is 11.5. The Balaban J connectivity index is 1.41. The van der Waals surface area contributed by atoms with E-state index in [9.17, 15) is 9.59 Å². The normalized spacial score (nSPS) is 17.9. The van der Waals surface area contributed by atoms with Crippen molar-refractivity contribution in [1.82, 2.24) is 9.80 Å². The molecular weight excluding hydrogens is 402 g/mol. The van der Waals surface area contributed by atoms with Gasteiger partial charge in [-0.3, -0.25) is 9.59 Å². The molecule has 0 unspecified atom stereocenters. The smallest absolute Gasteiger partial charge is 0.254 e. The second-order valence-corrected chi connectivity index (χ2v) is 8.80. The summed E-state index contributed by atoms with van der Waals surface area (Å²) in [7, 11) is 1.71. The van der Waals surface area contributed by atoms with E-state index in [0.29, 0.717) is 19.6 Å². The molecule has 1 fully saturated rings. The predicted octanol–water partition coefficient (Wildman–Crippen LogP) is 3.57. The van der Waals surface area contributed by atoms with Gasteiger partial charge in [0.25, 0.3) is 5.91 Å². The van der Waals surface area contributed by atoms with Crippen LogP contribution < -0.4 is 4.90 Å². The van der Waals surface area contributed by atoms with Crippen LogP contribution in [0.3, 0.4) is 0 Å². The second kappa shape index (κ2) is 9.84. The summed E-state index contributed by atoms with van der Waals surface area (Å²) in [4.78, 5) is 32.0. The standard InChI is InChI=1S/C26H33N3O3/c1-3-24(30)29(22-10-5-4-6-11-22)26(20-32-2)13-15-27(16-14-26)17-18-28-19-21-9-7-8-12-23(21)25(28)31/h4-12H,3,13-20H2,1-2H3. The molecule has 2 amide bonds. The number of rotatable bonds is 8. The zero-order valence-corrected chi connectivity index (χ0v) is 19.1. The number of benzene rings is 2. The van der Waals surface area contributed by atoms with E-state index in [-0.39, 0.29) is 17.4 Å². The van der Waals surface area contributed by atoms with Gasteiger partial charge in [0.2, 0.25) is 5.91 Å². The number of fused-ring (bicyclic) bond motifs is 1. The zero-order valence-electron chi connectivity index (χ0n) is 19.1. The SMILES string of the molecule is CCC(=O)N(c1ccccc1)C1(COC)CCN(CCN2Cc3ccccc3C2=O)CC1. The highest BCUT2D eigenvalue weighted by Gasteiger charge is 2.43. The molecule has 2 aliphatic rings. The number of amides is 2. The van der Waals surface area contributed by atoms with E-state index < -0.39 is 0 Å². The van der Waals surface area contributed by atoms with Gasteiger partial charge in [-0.15, -0.1) is 0 Å². The van der Waals surface area contributed by atoms with Gasteiger partial charge < -0.3 is 19.4 Å². The number of hydrogen-bond donors (Lipinski definition) is 0. The zero-order chi connectivity index (χ0) is 22.6. The summed E-state index contributed by atoms with van der Waals surface area (Å²) < 4.78 is 5.64. The van der Waals surface area contributed by atoms with Gasteiger partial charge in [-0.05, 0) is 36.6 Å². The number of ether oxygens (including phenoxy) is 1. The van der Waals surface area contributed by atoms with Crippen molar-refractivity contribution in [3.05, 3.63) is 65.7 Å². The molecule has 0 aromatic heterocycles. The van der Waals surface area contributed by atoms with Crippen molar-refractivity contribution in [1.29, 1.82) is 0 Å². The van der Waals surface area contributed by atoms with Crippen LogP contribution in [0.15, 0.2) is 54.6 Å². The summed E-state index contributed by atoms with van der Waals surface area (Å²) in [6.45, 7) is 6.44. The number of methoxy groups -OCH3 is 1. The maximum Gasteiger partial charge on any atom is 0.254 e. The number of carbonyl (C=O) groups excluding carboxylic acids is 2. The Kier molecular flexibility index (Phi) is 6.92. The van der Waals surface area contributed by atoms with Crippen LogP contribution in [0, 0.1) is 0 Å². The van der Waals surface area contributed by atoms with E-state index >= 15 is 0 Å². The molecule has 0 aliphatic carbocycles. The summed E-state index contributed by atoms with van der Waals surface area (Å²) in [6.07, 6.45) is 2.15. The molecule has 0 saturated carbocycles. The van der Waals surface area contributed by atoms with Gasteiger partial charge in [0, 0.05) is 57.5 Å². The van der Waals surface area contributed by atoms with E-state index in [1.54, 1.807) is 7.11 Å². The van der Waals surface area contributed by atoms with Gasteiger partial charge in [-0.25, -0.2) is 0 Å². The van der Waals surface area contributed by atoms with Crippen molar-refractivity contribution < 1.29 is 14.3 Å². The third-order valence-corrected chi connectivity index (χ3v) is 6.82. The van der Waals surface area contributed by atoms with Crippen molar-refractivity contribution >= 4 is 17.5 Å². The number of nitrogens with zero attached hydrogens (tertiary/aromatic N) is 3. The molecule has 0 bridgehead atoms. The highest BCUT2D eigenvalue weighted by atomic mass is 16.5. The van der Waals surface area contributed by atoms with Gasteiger partial charge in [-0.2, -0.15) is 0 Å². The highest BCUT2D eigenvalue weighted by molar-refractivity contribution is 5.98. The first-order valence-corrected chi connectivity index (χ1v) is 11.5. The number of piperidine rings is 1. The Labute approximate surface area is 190 Å². The van der Waals surface area contributed by atoms with Crippen LogP contribution in [-0.2, 0) is 16.1 Å². The lowest BCUT2D eigenvalue weighted by Gasteiger charge is -2.48. The van der Waals surface area contributed by atoms with Crippen molar-refractivity contribution in [2.75, 3.05) is 44.8 Å². The van der Waals surface area contributed by atoms with Crippen LogP contribution in [0.1, 0.15) is 42.1 Å². The van der Waals surface area contributed by atoms with Crippen molar-refractivity contribution in [2.24, 2.45) is 0 Å². The van der Waals surface area contributed by atoms with Gasteiger partial charge in [0.1, 0.15) is 0 Å². The molecule has 0 atom stereocenters. The Morgan fingerprint density at radius 2 is 1.72 bits per heavy atom. The summed E-state index contributed by atoms with van der Waals surface area (Å²) in [5.74, 6) is 0.261. The second-order valence-electron chi connectivity index (χ2n) is 8.80. The quantitative estimate of drug-likeness (QED) is 0.636. The topological polar surface area (TPSA) is 53.1 Å². The van der Waals surface area contributed by atoms with E-state index in [2.05, 4.69) is 4.90 Å². The van der Waals surface area contributed by atoms with Gasteiger partial charge >= 0.3 is 0 Å². The van der Waals surface area contributed by atoms with E-state index in [0.717, 1.165) is 55.8 Å². The Morgan fingerprint density at radius 1 is 1.03 bits per heavy atom. The van der Waals surface area contributed by atoms with Crippen molar-refractivity contribution in [3.8, 4) is 0 Å². The lowest BCUT2D eigenvalue weighted by Crippen LogP contribution is -2.60. The summed E-state index contributed by atoms with van der Waals surface area (Å²) in [6, 6.07) is 17.8. The molecule has 32 heavy (non-hydrogen) atoms. The minimum atomic E-state index is -0.348. The average Bonchev–Trinajstić information content (AvgIpc) is 3.15. The molecule has 0 radical (unpaired) electrons. The maximum atomic E-state index is 13.0. The lowest BCUT2D eigenvalue weighted by atomic mass is 9.85. The van der Waals surface area contributed by atoms with Crippen molar-refractivity contribution in [3.63, 3.8) is 0 Å². The molecule has 1 saturated heterocycles. The number of hydrogen-bond acceptors (Lipinski definition) is 4. The minimum Gasteiger partial charge on any atom is -0.382 e. The number of likely N-dealkylation sites (tertiary alicyclic amines) is 1. The van der Waals surface area contributed by atoms with Crippen LogP contribution >= 0.6 is 0 Å². The third kappa shape index (κ3) is 4.43. The average molecular weight is 436 g/mol. The molecule has 2 aliphatic heterocycles. The highest BCUT2D eigenvalue weighted by Crippen LogP contribution is 2.34. The van der Waals surface area contributed by atoms with Crippen LogP contribution in [0.5, 0.6) is 0 Å². The number of anilines is 1. The summed E-state index contributed by atoms with van der Waals surface area (Å²) >= 11 is 0. The Hall–Kier alpha value is -2.70. The molecular formula is C26H33N3O3. The van der Waals surface area contributed by atoms with E-state index in [4.69, 9.17) is 4.74 Å². The van der Waals surface area contributed by atoms with E-state index in [1.807, 2.05) is 71.3 Å². The molecule has 0 spiro atoms. The Bertz CT molecular complexity index is 938. The van der Waals surface area contributed by atoms with Gasteiger partial charge in [-0.1, -0.05) is 43.3 Å².